The van der Waals surface area contributed by atoms with Gasteiger partial charge in [-0.25, -0.2) is 0 Å². The number of fused-ring (bicyclic) bond motifs is 4. The first-order chi connectivity index (χ1) is 15.1. The van der Waals surface area contributed by atoms with Crippen LogP contribution in [0.1, 0.15) is 13.8 Å². The monoisotopic (exact) mass is 408 g/mol. The van der Waals surface area contributed by atoms with Crippen molar-refractivity contribution < 1.29 is 9.53 Å². The van der Waals surface area contributed by atoms with Gasteiger partial charge in [-0.1, -0.05) is 48.5 Å². The molecular formula is C27H24N2O2. The Kier molecular flexibility index (Phi) is 4.83. The van der Waals surface area contributed by atoms with E-state index in [9.17, 15) is 4.79 Å². The van der Waals surface area contributed by atoms with E-state index in [2.05, 4.69) is 47.1 Å². The quantitative estimate of drug-likeness (QED) is 0.367. The van der Waals surface area contributed by atoms with Gasteiger partial charge >= 0.3 is 0 Å². The average Bonchev–Trinajstić information content (AvgIpc) is 3.12. The molecule has 0 saturated carbocycles. The fraction of sp³-hybridized carbons (Fsp3) is 0.148. The molecule has 0 bridgehead atoms. The van der Waals surface area contributed by atoms with Gasteiger partial charge in [-0.15, -0.1) is 0 Å². The number of para-hydroxylation sites is 1. The van der Waals surface area contributed by atoms with Crippen molar-refractivity contribution >= 4 is 44.2 Å². The molecule has 1 heterocycles. The van der Waals surface area contributed by atoms with E-state index in [-0.39, 0.29) is 5.91 Å². The largest absolute Gasteiger partial charge is 0.481 e. The van der Waals surface area contributed by atoms with Gasteiger partial charge < -0.3 is 14.6 Å². The standard InChI is InChI=1S/C27H24N2O2/c1-3-29-25-11-7-6-10-23(25)24-17-21(13-15-26(24)29)28-27(30)18(2)31-22-14-12-19-8-4-5-9-20(19)16-22/h4-18H,3H2,1-2H3,(H,28,30)/t18-/m0/s1. The number of aromatic nitrogens is 1. The molecule has 1 amide bonds. The van der Waals surface area contributed by atoms with Crippen LogP contribution in [-0.4, -0.2) is 16.6 Å². The zero-order valence-corrected chi connectivity index (χ0v) is 17.6. The van der Waals surface area contributed by atoms with Crippen LogP contribution in [0.3, 0.4) is 0 Å². The third-order valence-corrected chi connectivity index (χ3v) is 5.76. The summed E-state index contributed by atoms with van der Waals surface area (Å²) in [5.74, 6) is 0.509. The first kappa shape index (κ1) is 19.2. The van der Waals surface area contributed by atoms with Crippen molar-refractivity contribution in [2.24, 2.45) is 0 Å². The number of benzene rings is 4. The maximum Gasteiger partial charge on any atom is 0.265 e. The molecule has 0 spiro atoms. The lowest BCUT2D eigenvalue weighted by Crippen LogP contribution is -2.30. The number of rotatable bonds is 5. The SMILES string of the molecule is CCn1c2ccccc2c2cc(NC(=O)[C@H](C)Oc3ccc4ccccc4c3)ccc21. The predicted octanol–water partition coefficient (Wildman–Crippen LogP) is 6.37. The van der Waals surface area contributed by atoms with E-state index < -0.39 is 6.10 Å². The van der Waals surface area contributed by atoms with Crippen LogP contribution >= 0.6 is 0 Å². The minimum absolute atomic E-state index is 0.174. The summed E-state index contributed by atoms with van der Waals surface area (Å²) in [6.07, 6.45) is -0.617. The molecule has 5 rings (SSSR count). The maximum absolute atomic E-state index is 12.8. The molecule has 0 aliphatic carbocycles. The second-order valence-electron chi connectivity index (χ2n) is 7.75. The van der Waals surface area contributed by atoms with Gasteiger partial charge in [-0.3, -0.25) is 4.79 Å². The summed E-state index contributed by atoms with van der Waals surface area (Å²) in [4.78, 5) is 12.8. The Labute approximate surface area is 181 Å². The number of carbonyl (C=O) groups is 1. The number of carbonyl (C=O) groups excluding carboxylic acids is 1. The molecule has 0 fully saturated rings. The average molecular weight is 409 g/mol. The van der Waals surface area contributed by atoms with Crippen LogP contribution in [0.5, 0.6) is 5.75 Å². The number of aryl methyl sites for hydroxylation is 1. The summed E-state index contributed by atoms with van der Waals surface area (Å²) in [6.45, 7) is 4.81. The lowest BCUT2D eigenvalue weighted by atomic mass is 10.1. The topological polar surface area (TPSA) is 43.3 Å². The zero-order chi connectivity index (χ0) is 21.4. The van der Waals surface area contributed by atoms with E-state index in [1.54, 1.807) is 6.92 Å². The Hall–Kier alpha value is -3.79. The number of nitrogens with zero attached hydrogens (tertiary/aromatic N) is 1. The van der Waals surface area contributed by atoms with E-state index in [0.717, 1.165) is 28.4 Å². The summed E-state index contributed by atoms with van der Waals surface area (Å²) in [5, 5.41) is 7.57. The summed E-state index contributed by atoms with van der Waals surface area (Å²) in [6, 6.07) is 28.4. The van der Waals surface area contributed by atoms with Gasteiger partial charge in [0.2, 0.25) is 0 Å². The van der Waals surface area contributed by atoms with Crippen molar-refractivity contribution in [2.75, 3.05) is 5.32 Å². The van der Waals surface area contributed by atoms with Crippen LogP contribution in [0.4, 0.5) is 5.69 Å². The predicted molar refractivity (Wildman–Crippen MR) is 128 cm³/mol. The van der Waals surface area contributed by atoms with Crippen molar-refractivity contribution in [3.63, 3.8) is 0 Å². The van der Waals surface area contributed by atoms with E-state index in [1.165, 1.54) is 16.4 Å². The molecule has 5 aromatic rings. The first-order valence-electron chi connectivity index (χ1n) is 10.6. The molecule has 1 N–H and O–H groups in total. The third kappa shape index (κ3) is 3.50. The van der Waals surface area contributed by atoms with Gasteiger partial charge in [-0.05, 0) is 61.0 Å². The highest BCUT2D eigenvalue weighted by molar-refractivity contribution is 6.10. The Morgan fingerprint density at radius 3 is 2.45 bits per heavy atom. The van der Waals surface area contributed by atoms with Crippen molar-refractivity contribution in [3.8, 4) is 5.75 Å². The Morgan fingerprint density at radius 1 is 0.871 bits per heavy atom. The van der Waals surface area contributed by atoms with Gasteiger partial charge in [-0.2, -0.15) is 0 Å². The molecule has 0 unspecified atom stereocenters. The van der Waals surface area contributed by atoms with Crippen molar-refractivity contribution in [3.05, 3.63) is 84.9 Å². The highest BCUT2D eigenvalue weighted by Crippen LogP contribution is 2.31. The maximum atomic E-state index is 12.8. The molecule has 0 aliphatic heterocycles. The van der Waals surface area contributed by atoms with Crippen LogP contribution in [-0.2, 0) is 11.3 Å². The highest BCUT2D eigenvalue weighted by Gasteiger charge is 2.16. The molecule has 154 valence electrons. The highest BCUT2D eigenvalue weighted by atomic mass is 16.5. The van der Waals surface area contributed by atoms with E-state index in [1.807, 2.05) is 54.6 Å². The summed E-state index contributed by atoms with van der Waals surface area (Å²) in [7, 11) is 0. The van der Waals surface area contributed by atoms with Crippen molar-refractivity contribution in [1.29, 1.82) is 0 Å². The lowest BCUT2D eigenvalue weighted by molar-refractivity contribution is -0.122. The van der Waals surface area contributed by atoms with Gasteiger partial charge in [0.1, 0.15) is 5.75 Å². The van der Waals surface area contributed by atoms with Crippen molar-refractivity contribution in [1.82, 2.24) is 4.57 Å². The number of nitrogens with one attached hydrogen (secondary N) is 1. The summed E-state index contributed by atoms with van der Waals surface area (Å²) in [5.41, 5.74) is 3.14. The lowest BCUT2D eigenvalue weighted by Gasteiger charge is -2.15. The molecular weight excluding hydrogens is 384 g/mol. The van der Waals surface area contributed by atoms with E-state index in [4.69, 9.17) is 4.74 Å². The normalized spacial score (nSPS) is 12.3. The second kappa shape index (κ2) is 7.80. The van der Waals surface area contributed by atoms with Crippen LogP contribution in [0.15, 0.2) is 84.9 Å². The zero-order valence-electron chi connectivity index (χ0n) is 17.6. The minimum Gasteiger partial charge on any atom is -0.481 e. The molecule has 4 nitrogen and oxygen atoms in total. The molecule has 1 aromatic heterocycles. The Bertz CT molecular complexity index is 1420. The van der Waals surface area contributed by atoms with Gasteiger partial charge in [0.15, 0.2) is 6.10 Å². The Morgan fingerprint density at radius 2 is 1.61 bits per heavy atom. The molecule has 0 saturated heterocycles. The molecule has 1 atom stereocenters. The van der Waals surface area contributed by atoms with E-state index in [0.29, 0.717) is 5.75 Å². The van der Waals surface area contributed by atoms with E-state index >= 15 is 0 Å². The number of amides is 1. The van der Waals surface area contributed by atoms with Crippen molar-refractivity contribution in [2.45, 2.75) is 26.5 Å². The number of hydrogen-bond donors (Lipinski definition) is 1. The number of anilines is 1. The fourth-order valence-corrected chi connectivity index (χ4v) is 4.21. The number of hydrogen-bond acceptors (Lipinski definition) is 2. The molecule has 0 radical (unpaired) electrons. The van der Waals surface area contributed by atoms with Crippen LogP contribution in [0.25, 0.3) is 32.6 Å². The molecule has 0 aliphatic rings. The Balaban J connectivity index is 1.38. The molecule has 4 heteroatoms. The van der Waals surface area contributed by atoms with Gasteiger partial charge in [0, 0.05) is 34.0 Å². The van der Waals surface area contributed by atoms with Gasteiger partial charge in [0.05, 0.1) is 0 Å². The van der Waals surface area contributed by atoms with Crippen LogP contribution in [0.2, 0.25) is 0 Å². The smallest absolute Gasteiger partial charge is 0.265 e. The third-order valence-electron chi connectivity index (χ3n) is 5.76. The second-order valence-corrected chi connectivity index (χ2v) is 7.75. The summed E-state index contributed by atoms with van der Waals surface area (Å²) >= 11 is 0. The minimum atomic E-state index is -0.617. The van der Waals surface area contributed by atoms with Crippen LogP contribution < -0.4 is 10.1 Å². The number of ether oxygens (including phenoxy) is 1. The summed E-state index contributed by atoms with van der Waals surface area (Å²) < 4.78 is 8.21. The first-order valence-corrected chi connectivity index (χ1v) is 10.6. The fourth-order valence-electron chi connectivity index (χ4n) is 4.21. The van der Waals surface area contributed by atoms with Gasteiger partial charge in [0.25, 0.3) is 5.91 Å². The molecule has 4 aromatic carbocycles. The molecule has 31 heavy (non-hydrogen) atoms. The van der Waals surface area contributed by atoms with Crippen LogP contribution in [0, 0.1) is 0 Å².